The number of halogens is 1. The Morgan fingerprint density at radius 3 is 2.59 bits per heavy atom. The number of carbonyl (C=O) groups is 2. The summed E-state index contributed by atoms with van der Waals surface area (Å²) in [5.74, 6) is -0.578. The largest absolute Gasteiger partial charge is 0.455 e. The number of carbonyl (C=O) groups excluding carboxylic acids is 2. The highest BCUT2D eigenvalue weighted by Crippen LogP contribution is 2.28. The molecule has 0 radical (unpaired) electrons. The van der Waals surface area contributed by atoms with Gasteiger partial charge in [-0.05, 0) is 84.8 Å². The number of Topliss-reactive ketones (excluding diaryl/α,β-unsaturated/α-hetero) is 1. The van der Waals surface area contributed by atoms with Crippen molar-refractivity contribution >= 4 is 34.3 Å². The van der Waals surface area contributed by atoms with Gasteiger partial charge in [-0.3, -0.25) is 9.59 Å². The topological polar surface area (TPSA) is 125 Å². The Labute approximate surface area is 228 Å². The number of hydrogen-bond acceptors (Lipinski definition) is 7. The molecule has 5 aromatic rings. The number of nitrogens with one attached hydrogen (secondary N) is 1. The first kappa shape index (κ1) is 26.1. The van der Waals surface area contributed by atoms with E-state index in [0.717, 1.165) is 16.5 Å². The molecular formula is C28H25ClN6O4. The van der Waals surface area contributed by atoms with Crippen molar-refractivity contribution in [3.63, 3.8) is 0 Å². The average molecular weight is 545 g/mol. The van der Waals surface area contributed by atoms with Gasteiger partial charge in [-0.15, -0.1) is 5.10 Å². The molecule has 0 saturated heterocycles. The smallest absolute Gasteiger partial charge is 0.355 e. The second-order valence-electron chi connectivity index (χ2n) is 10.1. The number of ether oxygens (including phenoxy) is 1. The van der Waals surface area contributed by atoms with Crippen LogP contribution in [0.2, 0.25) is 5.02 Å². The van der Waals surface area contributed by atoms with E-state index >= 15 is 0 Å². The molecule has 5 rings (SSSR count). The summed E-state index contributed by atoms with van der Waals surface area (Å²) in [6.45, 7) is 5.34. The van der Waals surface area contributed by atoms with Crippen LogP contribution in [0.25, 0.3) is 27.7 Å². The quantitative estimate of drug-likeness (QED) is 0.301. The Bertz CT molecular complexity index is 1750. The van der Waals surface area contributed by atoms with Crippen LogP contribution in [0.1, 0.15) is 36.8 Å². The fourth-order valence-corrected chi connectivity index (χ4v) is 4.40. The Balaban J connectivity index is 1.31. The van der Waals surface area contributed by atoms with Crippen LogP contribution < -0.4 is 5.56 Å². The Hall–Kier alpha value is -4.57. The number of H-pyrrole nitrogens is 1. The zero-order valence-electron chi connectivity index (χ0n) is 21.5. The van der Waals surface area contributed by atoms with Gasteiger partial charge in [-0.25, -0.2) is 4.79 Å². The molecule has 0 spiro atoms. The molecule has 39 heavy (non-hydrogen) atoms. The van der Waals surface area contributed by atoms with Crippen LogP contribution >= 0.6 is 11.6 Å². The Kier molecular flexibility index (Phi) is 6.88. The molecule has 0 saturated carbocycles. The number of nitrogens with zero attached hydrogens (tertiary/aromatic N) is 5. The first-order valence-corrected chi connectivity index (χ1v) is 12.5. The second kappa shape index (κ2) is 10.3. The van der Waals surface area contributed by atoms with E-state index in [0.29, 0.717) is 27.5 Å². The highest BCUT2D eigenvalue weighted by atomic mass is 35.5. The van der Waals surface area contributed by atoms with E-state index < -0.39 is 11.6 Å². The summed E-state index contributed by atoms with van der Waals surface area (Å²) < 4.78 is 8.27. The number of esters is 1. The van der Waals surface area contributed by atoms with E-state index in [1.54, 1.807) is 57.3 Å². The van der Waals surface area contributed by atoms with E-state index in [1.165, 1.54) is 21.6 Å². The van der Waals surface area contributed by atoms with Gasteiger partial charge in [0.2, 0.25) is 0 Å². The number of fused-ring (bicyclic) bond motifs is 1. The Morgan fingerprint density at radius 1 is 1.05 bits per heavy atom. The summed E-state index contributed by atoms with van der Waals surface area (Å²) in [5, 5.41) is 12.5. The molecule has 0 amide bonds. The highest BCUT2D eigenvalue weighted by molar-refractivity contribution is 6.31. The van der Waals surface area contributed by atoms with Gasteiger partial charge < -0.3 is 14.3 Å². The van der Waals surface area contributed by atoms with Crippen molar-refractivity contribution in [2.75, 3.05) is 0 Å². The number of ketones is 1. The summed E-state index contributed by atoms with van der Waals surface area (Å²) in [5.41, 5.74) is 2.91. The molecule has 0 bridgehead atoms. The summed E-state index contributed by atoms with van der Waals surface area (Å²) in [6, 6.07) is 15.6. The monoisotopic (exact) mass is 544 g/mol. The first-order valence-electron chi connectivity index (χ1n) is 12.2. The van der Waals surface area contributed by atoms with Crippen LogP contribution in [0.5, 0.6) is 0 Å². The number of aromatic amines is 1. The third-order valence-electron chi connectivity index (χ3n) is 5.91. The molecule has 0 atom stereocenters. The number of hydrogen-bond donors (Lipinski definition) is 1. The predicted octanol–water partition coefficient (Wildman–Crippen LogP) is 4.39. The van der Waals surface area contributed by atoms with Crippen LogP contribution in [-0.2, 0) is 22.5 Å². The lowest BCUT2D eigenvalue weighted by Crippen LogP contribution is -2.24. The second-order valence-corrected chi connectivity index (χ2v) is 10.6. The standard InChI is InChI=1S/C28H25ClN6O4/c1-28(2,3)39-27(38)24-12-19-10-17(4-6-23(19)31-24)11-21(36)15-34-9-8-18(13-26(34)37)22-14-20(29)5-7-25(22)35-16-30-32-33-35/h4-10,12-14,16,31H,11,15H2,1-3H3. The van der Waals surface area contributed by atoms with Crippen LogP contribution in [0.4, 0.5) is 0 Å². The van der Waals surface area contributed by atoms with E-state index in [9.17, 15) is 14.4 Å². The van der Waals surface area contributed by atoms with Crippen molar-refractivity contribution in [3.05, 3.63) is 93.8 Å². The summed E-state index contributed by atoms with van der Waals surface area (Å²) >= 11 is 6.21. The van der Waals surface area contributed by atoms with Crippen molar-refractivity contribution in [2.45, 2.75) is 39.3 Å². The zero-order valence-corrected chi connectivity index (χ0v) is 22.3. The van der Waals surface area contributed by atoms with Crippen molar-refractivity contribution in [2.24, 2.45) is 0 Å². The molecule has 11 heteroatoms. The fraction of sp³-hybridized carbons (Fsp3) is 0.214. The minimum absolute atomic E-state index is 0.0805. The van der Waals surface area contributed by atoms with Gasteiger partial charge in [-0.1, -0.05) is 17.7 Å². The number of benzene rings is 2. The van der Waals surface area contributed by atoms with Crippen LogP contribution in [0.15, 0.2) is 71.9 Å². The van der Waals surface area contributed by atoms with Crippen molar-refractivity contribution in [3.8, 4) is 16.8 Å². The minimum atomic E-state index is -0.604. The lowest BCUT2D eigenvalue weighted by Gasteiger charge is -2.18. The van der Waals surface area contributed by atoms with Gasteiger partial charge in [0.25, 0.3) is 5.56 Å². The van der Waals surface area contributed by atoms with E-state index in [1.807, 2.05) is 18.2 Å². The minimum Gasteiger partial charge on any atom is -0.455 e. The molecule has 0 fully saturated rings. The molecule has 3 heterocycles. The molecule has 1 N–H and O–H groups in total. The maximum atomic E-state index is 12.9. The van der Waals surface area contributed by atoms with Gasteiger partial charge in [0.05, 0.1) is 12.2 Å². The summed E-state index contributed by atoms with van der Waals surface area (Å²) in [6.07, 6.45) is 3.17. The number of rotatable bonds is 7. The fourth-order valence-electron chi connectivity index (χ4n) is 4.23. The lowest BCUT2D eigenvalue weighted by molar-refractivity contribution is -0.119. The Morgan fingerprint density at radius 2 is 1.87 bits per heavy atom. The average Bonchev–Trinajstić information content (AvgIpc) is 3.54. The molecule has 10 nitrogen and oxygen atoms in total. The SMILES string of the molecule is CC(C)(C)OC(=O)c1cc2cc(CC(=O)Cn3ccc(-c4cc(Cl)ccc4-n4cnnn4)cc3=O)ccc2[nH]1. The zero-order chi connectivity index (χ0) is 27.7. The molecule has 3 aromatic heterocycles. The van der Waals surface area contributed by atoms with Gasteiger partial charge in [0.1, 0.15) is 17.6 Å². The van der Waals surface area contributed by atoms with E-state index in [-0.39, 0.29) is 24.3 Å². The van der Waals surface area contributed by atoms with Crippen LogP contribution in [-0.4, -0.2) is 47.1 Å². The van der Waals surface area contributed by atoms with Gasteiger partial charge in [0.15, 0.2) is 5.78 Å². The maximum Gasteiger partial charge on any atom is 0.355 e. The van der Waals surface area contributed by atoms with Gasteiger partial charge in [-0.2, -0.15) is 4.68 Å². The predicted molar refractivity (Wildman–Crippen MR) is 146 cm³/mol. The molecule has 0 aliphatic heterocycles. The first-order chi connectivity index (χ1) is 18.6. The lowest BCUT2D eigenvalue weighted by atomic mass is 10.0. The molecule has 2 aromatic carbocycles. The molecule has 0 unspecified atom stereocenters. The van der Waals surface area contributed by atoms with Crippen molar-refractivity contribution < 1.29 is 14.3 Å². The summed E-state index contributed by atoms with van der Waals surface area (Å²) in [4.78, 5) is 41.2. The van der Waals surface area contributed by atoms with E-state index in [2.05, 4.69) is 20.5 Å². The van der Waals surface area contributed by atoms with Gasteiger partial charge >= 0.3 is 5.97 Å². The summed E-state index contributed by atoms with van der Waals surface area (Å²) in [7, 11) is 0. The van der Waals surface area contributed by atoms with Crippen molar-refractivity contribution in [1.82, 2.24) is 29.8 Å². The maximum absolute atomic E-state index is 12.9. The molecule has 0 aliphatic carbocycles. The van der Waals surface area contributed by atoms with Crippen LogP contribution in [0, 0.1) is 0 Å². The number of aromatic nitrogens is 6. The van der Waals surface area contributed by atoms with Crippen LogP contribution in [0.3, 0.4) is 0 Å². The number of tetrazole rings is 1. The molecular weight excluding hydrogens is 520 g/mol. The van der Waals surface area contributed by atoms with Crippen molar-refractivity contribution in [1.29, 1.82) is 0 Å². The number of pyridine rings is 1. The van der Waals surface area contributed by atoms with Gasteiger partial charge in [0, 0.05) is 40.2 Å². The normalized spacial score (nSPS) is 11.6. The third-order valence-corrected chi connectivity index (χ3v) is 6.15. The van der Waals surface area contributed by atoms with E-state index in [4.69, 9.17) is 16.3 Å². The molecule has 0 aliphatic rings. The third kappa shape index (κ3) is 5.96. The highest BCUT2D eigenvalue weighted by Gasteiger charge is 2.20. The molecule has 198 valence electrons.